The molecule has 0 aliphatic carbocycles. The Hall–Kier alpha value is -1.42. The van der Waals surface area contributed by atoms with Crippen LogP contribution in [0.5, 0.6) is 0 Å². The minimum absolute atomic E-state index is 0.526. The minimum atomic E-state index is 0.526. The van der Waals surface area contributed by atoms with Gasteiger partial charge in [0, 0.05) is 31.5 Å². The molecule has 1 aliphatic rings. The van der Waals surface area contributed by atoms with Crippen LogP contribution in [0.2, 0.25) is 0 Å². The molecular formula is C12H15N3O. The Morgan fingerprint density at radius 1 is 1.31 bits per heavy atom. The molecule has 16 heavy (non-hydrogen) atoms. The van der Waals surface area contributed by atoms with Crippen LogP contribution in [0.4, 0.5) is 0 Å². The van der Waals surface area contributed by atoms with Crippen molar-refractivity contribution in [1.29, 1.82) is 0 Å². The molecule has 4 nitrogen and oxygen atoms in total. The Morgan fingerprint density at radius 2 is 2.12 bits per heavy atom. The topological polar surface area (TPSA) is 39.4 Å². The quantitative estimate of drug-likeness (QED) is 0.732. The first-order chi connectivity index (χ1) is 7.86. The van der Waals surface area contributed by atoms with Gasteiger partial charge in [0.15, 0.2) is 0 Å². The summed E-state index contributed by atoms with van der Waals surface area (Å²) in [7, 11) is 0. The Morgan fingerprint density at radius 3 is 2.94 bits per heavy atom. The fraction of sp³-hybridized carbons (Fsp3) is 0.500. The number of nitrogens with zero attached hydrogens (tertiary/aromatic N) is 3. The Bertz CT molecular complexity index is 500. The summed E-state index contributed by atoms with van der Waals surface area (Å²) in [5, 5.41) is 0. The summed E-state index contributed by atoms with van der Waals surface area (Å²) in [5.41, 5.74) is 2.15. The second-order valence-corrected chi connectivity index (χ2v) is 4.27. The summed E-state index contributed by atoms with van der Waals surface area (Å²) in [5.74, 6) is 1.68. The van der Waals surface area contributed by atoms with Crippen molar-refractivity contribution in [3.63, 3.8) is 0 Å². The molecule has 1 fully saturated rings. The van der Waals surface area contributed by atoms with Gasteiger partial charge in [-0.1, -0.05) is 0 Å². The van der Waals surface area contributed by atoms with Crippen molar-refractivity contribution in [2.45, 2.75) is 25.7 Å². The van der Waals surface area contributed by atoms with Gasteiger partial charge in [-0.2, -0.15) is 0 Å². The molecule has 1 saturated heterocycles. The molecular weight excluding hydrogens is 202 g/mol. The third-order valence-electron chi connectivity index (χ3n) is 3.27. The molecule has 84 valence electrons. The third kappa shape index (κ3) is 1.50. The van der Waals surface area contributed by atoms with Crippen LogP contribution in [0, 0.1) is 6.92 Å². The van der Waals surface area contributed by atoms with Crippen molar-refractivity contribution < 1.29 is 4.74 Å². The van der Waals surface area contributed by atoms with Gasteiger partial charge in [-0.15, -0.1) is 0 Å². The molecule has 0 unspecified atom stereocenters. The molecule has 1 aliphatic heterocycles. The average molecular weight is 217 g/mol. The minimum Gasteiger partial charge on any atom is -0.381 e. The van der Waals surface area contributed by atoms with Gasteiger partial charge in [-0.25, -0.2) is 4.98 Å². The van der Waals surface area contributed by atoms with Crippen molar-refractivity contribution >= 4 is 5.52 Å². The Labute approximate surface area is 94.3 Å². The molecule has 2 aromatic heterocycles. The number of rotatable bonds is 1. The summed E-state index contributed by atoms with van der Waals surface area (Å²) >= 11 is 0. The van der Waals surface area contributed by atoms with E-state index >= 15 is 0 Å². The molecule has 3 heterocycles. The van der Waals surface area contributed by atoms with E-state index in [0.717, 1.165) is 43.1 Å². The lowest BCUT2D eigenvalue weighted by molar-refractivity contribution is 0.0835. The van der Waals surface area contributed by atoms with E-state index in [4.69, 9.17) is 4.74 Å². The van der Waals surface area contributed by atoms with Gasteiger partial charge in [-0.05, 0) is 19.8 Å². The molecule has 0 spiro atoms. The van der Waals surface area contributed by atoms with Crippen LogP contribution in [0.1, 0.15) is 30.3 Å². The van der Waals surface area contributed by atoms with Gasteiger partial charge >= 0.3 is 0 Å². The number of imidazole rings is 1. The average Bonchev–Trinajstić information content (AvgIpc) is 2.75. The van der Waals surface area contributed by atoms with Crippen LogP contribution in [-0.4, -0.2) is 27.6 Å². The second kappa shape index (κ2) is 3.87. The highest BCUT2D eigenvalue weighted by atomic mass is 16.5. The fourth-order valence-electron chi connectivity index (χ4n) is 2.34. The van der Waals surface area contributed by atoms with E-state index in [1.54, 1.807) is 0 Å². The highest BCUT2D eigenvalue weighted by molar-refractivity contribution is 5.50. The lowest BCUT2D eigenvalue weighted by Crippen LogP contribution is -2.16. The first-order valence-electron chi connectivity index (χ1n) is 5.72. The van der Waals surface area contributed by atoms with Gasteiger partial charge in [0.1, 0.15) is 5.82 Å². The molecule has 3 rings (SSSR count). The van der Waals surface area contributed by atoms with Crippen LogP contribution in [0.15, 0.2) is 18.6 Å². The van der Waals surface area contributed by atoms with E-state index in [1.165, 1.54) is 0 Å². The summed E-state index contributed by atoms with van der Waals surface area (Å²) in [6.07, 6.45) is 7.90. The molecule has 0 aromatic carbocycles. The lowest BCUT2D eigenvalue weighted by Gasteiger charge is -2.20. The Balaban J connectivity index is 2.06. The van der Waals surface area contributed by atoms with E-state index in [0.29, 0.717) is 5.92 Å². The molecule has 2 aromatic rings. The Kier molecular flexibility index (Phi) is 2.36. The van der Waals surface area contributed by atoms with Crippen molar-refractivity contribution in [1.82, 2.24) is 14.4 Å². The summed E-state index contributed by atoms with van der Waals surface area (Å²) < 4.78 is 7.55. The molecule has 0 amide bonds. The van der Waals surface area contributed by atoms with Crippen LogP contribution < -0.4 is 0 Å². The van der Waals surface area contributed by atoms with E-state index < -0.39 is 0 Å². The zero-order chi connectivity index (χ0) is 11.0. The highest BCUT2D eigenvalue weighted by Crippen LogP contribution is 2.26. The molecule has 0 bridgehead atoms. The SMILES string of the molecule is Cc1nccn2c(C3CCOCC3)ncc12. The number of aromatic nitrogens is 3. The third-order valence-corrected chi connectivity index (χ3v) is 3.27. The second-order valence-electron chi connectivity index (χ2n) is 4.27. The highest BCUT2D eigenvalue weighted by Gasteiger charge is 2.20. The molecule has 4 heteroatoms. The number of hydrogen-bond donors (Lipinski definition) is 0. The number of aryl methyl sites for hydroxylation is 1. The van der Waals surface area contributed by atoms with Crippen LogP contribution in [0.3, 0.4) is 0 Å². The van der Waals surface area contributed by atoms with Crippen LogP contribution in [0.25, 0.3) is 5.52 Å². The standard InChI is InChI=1S/C12H15N3O/c1-9-11-8-14-12(15(11)5-4-13-9)10-2-6-16-7-3-10/h4-5,8,10H,2-3,6-7H2,1H3. The first kappa shape index (κ1) is 9.78. The van der Waals surface area contributed by atoms with Crippen molar-refractivity contribution in [3.8, 4) is 0 Å². The lowest BCUT2D eigenvalue weighted by atomic mass is 10.00. The molecule has 0 radical (unpaired) electrons. The number of hydrogen-bond acceptors (Lipinski definition) is 3. The van der Waals surface area contributed by atoms with E-state index in [2.05, 4.69) is 14.4 Å². The van der Waals surface area contributed by atoms with Crippen LogP contribution >= 0.6 is 0 Å². The van der Waals surface area contributed by atoms with Gasteiger partial charge in [0.25, 0.3) is 0 Å². The largest absolute Gasteiger partial charge is 0.381 e. The van der Waals surface area contributed by atoms with E-state index in [1.807, 2.05) is 25.5 Å². The molecule has 0 atom stereocenters. The van der Waals surface area contributed by atoms with Crippen molar-refractivity contribution in [2.24, 2.45) is 0 Å². The van der Waals surface area contributed by atoms with Gasteiger partial charge < -0.3 is 9.14 Å². The predicted molar refractivity (Wildman–Crippen MR) is 60.5 cm³/mol. The predicted octanol–water partition coefficient (Wildman–Crippen LogP) is 1.93. The smallest absolute Gasteiger partial charge is 0.116 e. The van der Waals surface area contributed by atoms with E-state index in [-0.39, 0.29) is 0 Å². The number of fused-ring (bicyclic) bond motifs is 1. The molecule has 0 N–H and O–H groups in total. The maximum absolute atomic E-state index is 5.38. The van der Waals surface area contributed by atoms with Gasteiger partial charge in [-0.3, -0.25) is 4.98 Å². The van der Waals surface area contributed by atoms with Crippen molar-refractivity contribution in [3.05, 3.63) is 30.1 Å². The van der Waals surface area contributed by atoms with Gasteiger partial charge in [0.05, 0.1) is 17.4 Å². The van der Waals surface area contributed by atoms with Gasteiger partial charge in [0.2, 0.25) is 0 Å². The van der Waals surface area contributed by atoms with Crippen LogP contribution in [-0.2, 0) is 4.74 Å². The normalized spacial score (nSPS) is 18.1. The maximum Gasteiger partial charge on any atom is 0.116 e. The van der Waals surface area contributed by atoms with E-state index in [9.17, 15) is 0 Å². The summed E-state index contributed by atoms with van der Waals surface area (Å²) in [4.78, 5) is 8.83. The summed E-state index contributed by atoms with van der Waals surface area (Å²) in [6.45, 7) is 3.72. The number of ether oxygens (including phenoxy) is 1. The fourth-order valence-corrected chi connectivity index (χ4v) is 2.34. The molecule has 0 saturated carbocycles. The monoisotopic (exact) mass is 217 g/mol. The summed E-state index contributed by atoms with van der Waals surface area (Å²) in [6, 6.07) is 0. The zero-order valence-electron chi connectivity index (χ0n) is 9.39. The zero-order valence-corrected chi connectivity index (χ0v) is 9.39. The maximum atomic E-state index is 5.38. The first-order valence-corrected chi connectivity index (χ1v) is 5.72. The van der Waals surface area contributed by atoms with Crippen molar-refractivity contribution in [2.75, 3.05) is 13.2 Å².